The summed E-state index contributed by atoms with van der Waals surface area (Å²) in [6.07, 6.45) is 0. The van der Waals surface area contributed by atoms with Gasteiger partial charge in [-0.3, -0.25) is 10.1 Å². The highest BCUT2D eigenvalue weighted by Gasteiger charge is 2.07. The second-order valence-electron chi connectivity index (χ2n) is 4.35. The summed E-state index contributed by atoms with van der Waals surface area (Å²) < 4.78 is 6.39. The highest BCUT2D eigenvalue weighted by Crippen LogP contribution is 2.23. The first-order valence-corrected chi connectivity index (χ1v) is 7.27. The fourth-order valence-corrected chi connectivity index (χ4v) is 2.18. The number of rotatable bonds is 4. The SMILES string of the molecule is CCNC(=O)NC(=O)COc1ccc2cc(Br)ccc2c1. The third-order valence-corrected chi connectivity index (χ3v) is 3.23. The van der Waals surface area contributed by atoms with Gasteiger partial charge in [-0.15, -0.1) is 0 Å². The highest BCUT2D eigenvalue weighted by molar-refractivity contribution is 9.10. The van der Waals surface area contributed by atoms with Crippen LogP contribution in [0.3, 0.4) is 0 Å². The molecule has 6 heteroatoms. The van der Waals surface area contributed by atoms with Gasteiger partial charge in [-0.1, -0.05) is 28.1 Å². The lowest BCUT2D eigenvalue weighted by Gasteiger charge is -2.08. The topological polar surface area (TPSA) is 67.4 Å². The Bertz CT molecular complexity index is 673. The number of halogens is 1. The van der Waals surface area contributed by atoms with E-state index in [4.69, 9.17) is 4.74 Å². The van der Waals surface area contributed by atoms with E-state index in [-0.39, 0.29) is 6.61 Å². The number of fused-ring (bicyclic) bond motifs is 1. The summed E-state index contributed by atoms with van der Waals surface area (Å²) in [4.78, 5) is 22.7. The molecule has 0 radical (unpaired) electrons. The Morgan fingerprint density at radius 1 is 1.14 bits per heavy atom. The van der Waals surface area contributed by atoms with E-state index in [1.165, 1.54) is 0 Å². The highest BCUT2D eigenvalue weighted by atomic mass is 79.9. The molecule has 0 fully saturated rings. The maximum atomic E-state index is 11.5. The Labute approximate surface area is 130 Å². The minimum atomic E-state index is -0.519. The molecule has 0 aliphatic rings. The standard InChI is InChI=1S/C15H15BrN2O3/c1-2-17-15(20)18-14(19)9-21-13-6-4-10-7-12(16)5-3-11(10)8-13/h3-8H,2,9H2,1H3,(H2,17,18,19,20). The molecule has 0 aliphatic heterocycles. The first-order chi connectivity index (χ1) is 10.1. The van der Waals surface area contributed by atoms with E-state index < -0.39 is 11.9 Å². The molecule has 0 unspecified atom stereocenters. The van der Waals surface area contributed by atoms with Crippen LogP contribution in [0.5, 0.6) is 5.75 Å². The van der Waals surface area contributed by atoms with Crippen LogP contribution < -0.4 is 15.4 Å². The summed E-state index contributed by atoms with van der Waals surface area (Å²) in [7, 11) is 0. The summed E-state index contributed by atoms with van der Waals surface area (Å²) in [6, 6.07) is 10.9. The Kier molecular flexibility index (Phi) is 5.16. The number of amides is 3. The first-order valence-electron chi connectivity index (χ1n) is 6.48. The van der Waals surface area contributed by atoms with Crippen molar-refractivity contribution in [3.8, 4) is 5.75 Å². The van der Waals surface area contributed by atoms with Crippen molar-refractivity contribution in [3.63, 3.8) is 0 Å². The third-order valence-electron chi connectivity index (χ3n) is 2.73. The first kappa shape index (κ1) is 15.3. The maximum Gasteiger partial charge on any atom is 0.321 e. The van der Waals surface area contributed by atoms with Gasteiger partial charge in [0.05, 0.1) is 0 Å². The van der Waals surface area contributed by atoms with Crippen LogP contribution in [0.1, 0.15) is 6.92 Å². The van der Waals surface area contributed by atoms with Crippen LogP contribution in [0.15, 0.2) is 40.9 Å². The fraction of sp³-hybridized carbons (Fsp3) is 0.200. The predicted octanol–water partition coefficient (Wildman–Crippen LogP) is 2.83. The molecule has 5 nitrogen and oxygen atoms in total. The quantitative estimate of drug-likeness (QED) is 0.890. The van der Waals surface area contributed by atoms with E-state index in [9.17, 15) is 9.59 Å². The van der Waals surface area contributed by atoms with E-state index in [1.807, 2.05) is 30.3 Å². The van der Waals surface area contributed by atoms with Crippen molar-refractivity contribution in [2.24, 2.45) is 0 Å². The predicted molar refractivity (Wildman–Crippen MR) is 84.4 cm³/mol. The summed E-state index contributed by atoms with van der Waals surface area (Å²) in [5.74, 6) is 0.0905. The summed E-state index contributed by atoms with van der Waals surface area (Å²) in [5, 5.41) is 6.74. The summed E-state index contributed by atoms with van der Waals surface area (Å²) in [6.45, 7) is 2.02. The normalized spacial score (nSPS) is 10.2. The summed E-state index contributed by atoms with van der Waals surface area (Å²) in [5.41, 5.74) is 0. The molecule has 2 aromatic rings. The molecule has 0 saturated heterocycles. The van der Waals surface area contributed by atoms with Gasteiger partial charge >= 0.3 is 6.03 Å². The van der Waals surface area contributed by atoms with Crippen LogP contribution in [-0.4, -0.2) is 25.1 Å². The number of hydrogen-bond acceptors (Lipinski definition) is 3. The molecule has 0 spiro atoms. The molecule has 0 heterocycles. The van der Waals surface area contributed by atoms with Crippen molar-refractivity contribution in [2.75, 3.05) is 13.2 Å². The number of carbonyl (C=O) groups is 2. The molecule has 0 atom stereocenters. The monoisotopic (exact) mass is 350 g/mol. The fourth-order valence-electron chi connectivity index (χ4n) is 1.80. The molecule has 0 bridgehead atoms. The molecule has 0 aromatic heterocycles. The Balaban J connectivity index is 1.95. The van der Waals surface area contributed by atoms with Gasteiger partial charge in [-0.2, -0.15) is 0 Å². The molecular weight excluding hydrogens is 336 g/mol. The number of benzene rings is 2. The van der Waals surface area contributed by atoms with Crippen molar-refractivity contribution in [1.29, 1.82) is 0 Å². The van der Waals surface area contributed by atoms with E-state index in [0.717, 1.165) is 15.2 Å². The second kappa shape index (κ2) is 7.08. The van der Waals surface area contributed by atoms with Crippen molar-refractivity contribution >= 4 is 38.6 Å². The zero-order valence-electron chi connectivity index (χ0n) is 11.5. The van der Waals surface area contributed by atoms with Gasteiger partial charge in [0.25, 0.3) is 5.91 Å². The van der Waals surface area contributed by atoms with Crippen LogP contribution in [0.2, 0.25) is 0 Å². The Hall–Kier alpha value is -2.08. The average Bonchev–Trinajstić information content (AvgIpc) is 2.45. The van der Waals surface area contributed by atoms with Crippen molar-refractivity contribution < 1.29 is 14.3 Å². The number of ether oxygens (including phenoxy) is 1. The van der Waals surface area contributed by atoms with E-state index in [0.29, 0.717) is 12.3 Å². The van der Waals surface area contributed by atoms with Gasteiger partial charge in [-0.05, 0) is 42.0 Å². The number of carbonyl (C=O) groups excluding carboxylic acids is 2. The second-order valence-corrected chi connectivity index (χ2v) is 5.27. The molecule has 2 aromatic carbocycles. The van der Waals surface area contributed by atoms with Gasteiger partial charge in [0.15, 0.2) is 6.61 Å². The van der Waals surface area contributed by atoms with Gasteiger partial charge in [0.2, 0.25) is 0 Å². The smallest absolute Gasteiger partial charge is 0.321 e. The molecule has 3 amide bonds. The van der Waals surface area contributed by atoms with Gasteiger partial charge in [0, 0.05) is 11.0 Å². The third kappa shape index (κ3) is 4.46. The molecule has 2 rings (SSSR count). The van der Waals surface area contributed by atoms with Crippen LogP contribution in [0.4, 0.5) is 4.79 Å². The molecule has 0 aliphatic carbocycles. The number of hydrogen-bond donors (Lipinski definition) is 2. The van der Waals surface area contributed by atoms with Crippen LogP contribution in [0, 0.1) is 0 Å². The number of urea groups is 1. The average molecular weight is 351 g/mol. The van der Waals surface area contributed by atoms with Gasteiger partial charge < -0.3 is 10.1 Å². The van der Waals surface area contributed by atoms with Crippen LogP contribution in [-0.2, 0) is 4.79 Å². The van der Waals surface area contributed by atoms with Gasteiger partial charge in [-0.25, -0.2) is 4.79 Å². The van der Waals surface area contributed by atoms with Crippen molar-refractivity contribution in [3.05, 3.63) is 40.9 Å². The Morgan fingerprint density at radius 2 is 1.86 bits per heavy atom. The minimum Gasteiger partial charge on any atom is -0.484 e. The van der Waals surface area contributed by atoms with Crippen molar-refractivity contribution in [2.45, 2.75) is 6.92 Å². The minimum absolute atomic E-state index is 0.209. The number of imide groups is 1. The van der Waals surface area contributed by atoms with Gasteiger partial charge in [0.1, 0.15) is 5.75 Å². The molecule has 110 valence electrons. The lowest BCUT2D eigenvalue weighted by atomic mass is 10.1. The van der Waals surface area contributed by atoms with E-state index in [1.54, 1.807) is 13.0 Å². The maximum absolute atomic E-state index is 11.5. The largest absolute Gasteiger partial charge is 0.484 e. The van der Waals surface area contributed by atoms with Crippen LogP contribution in [0.25, 0.3) is 10.8 Å². The number of nitrogens with one attached hydrogen (secondary N) is 2. The lowest BCUT2D eigenvalue weighted by Crippen LogP contribution is -2.41. The van der Waals surface area contributed by atoms with Crippen LogP contribution >= 0.6 is 15.9 Å². The summed E-state index contributed by atoms with van der Waals surface area (Å²) >= 11 is 3.41. The molecule has 2 N–H and O–H groups in total. The molecular formula is C15H15BrN2O3. The van der Waals surface area contributed by atoms with E-state index in [2.05, 4.69) is 26.6 Å². The Morgan fingerprint density at radius 3 is 2.62 bits per heavy atom. The molecule has 0 saturated carbocycles. The zero-order chi connectivity index (χ0) is 15.2. The zero-order valence-corrected chi connectivity index (χ0v) is 13.1. The molecule has 21 heavy (non-hydrogen) atoms. The van der Waals surface area contributed by atoms with Crippen molar-refractivity contribution in [1.82, 2.24) is 10.6 Å². The lowest BCUT2D eigenvalue weighted by molar-refractivity contribution is -0.122. The van der Waals surface area contributed by atoms with E-state index >= 15 is 0 Å².